The highest BCUT2D eigenvalue weighted by molar-refractivity contribution is 7.92. The molecule has 1 heterocycles. The van der Waals surface area contributed by atoms with Gasteiger partial charge in [0.15, 0.2) is 5.82 Å². The van der Waals surface area contributed by atoms with Crippen molar-refractivity contribution in [1.82, 2.24) is 4.98 Å². The van der Waals surface area contributed by atoms with Crippen molar-refractivity contribution in [1.29, 1.82) is 0 Å². The molecule has 0 amide bonds. The van der Waals surface area contributed by atoms with Crippen LogP contribution >= 0.6 is 0 Å². The SMILES string of the molecule is O=S(=O)(c1ccccc1)C(F)(F)c1nc2c(F)cc(F)cc2c2ccccc12. The molecule has 0 N–H and O–H groups in total. The maximum Gasteiger partial charge on any atom is 0.392 e. The van der Waals surface area contributed by atoms with E-state index in [1.165, 1.54) is 42.5 Å². The first kappa shape index (κ1) is 18.4. The van der Waals surface area contributed by atoms with Crippen molar-refractivity contribution in [2.75, 3.05) is 0 Å². The molecule has 142 valence electrons. The number of pyridine rings is 1. The van der Waals surface area contributed by atoms with Gasteiger partial charge in [0.2, 0.25) is 9.84 Å². The molecule has 0 spiro atoms. The summed E-state index contributed by atoms with van der Waals surface area (Å²) in [7, 11) is -5.17. The Hall–Kier alpha value is -3.00. The Bertz CT molecular complexity index is 1320. The van der Waals surface area contributed by atoms with Crippen molar-refractivity contribution in [2.24, 2.45) is 0 Å². The summed E-state index contributed by atoms with van der Waals surface area (Å²) in [5, 5.41) is -4.60. The van der Waals surface area contributed by atoms with Crippen molar-refractivity contribution in [3.05, 3.63) is 84.1 Å². The number of aromatic nitrogens is 1. The van der Waals surface area contributed by atoms with Crippen LogP contribution in [0.1, 0.15) is 5.69 Å². The van der Waals surface area contributed by atoms with Crippen LogP contribution in [-0.4, -0.2) is 13.4 Å². The third-order valence-electron chi connectivity index (χ3n) is 4.39. The van der Waals surface area contributed by atoms with Gasteiger partial charge in [0.05, 0.1) is 4.90 Å². The predicted molar refractivity (Wildman–Crippen MR) is 96.7 cm³/mol. The average molecular weight is 405 g/mol. The largest absolute Gasteiger partial charge is 0.392 e. The van der Waals surface area contributed by atoms with Gasteiger partial charge in [-0.25, -0.2) is 22.2 Å². The number of rotatable bonds is 3. The summed E-state index contributed by atoms with van der Waals surface area (Å²) in [5.74, 6) is -2.05. The molecule has 4 rings (SSSR count). The van der Waals surface area contributed by atoms with Gasteiger partial charge in [0.1, 0.15) is 17.0 Å². The molecule has 1 aromatic heterocycles. The molecule has 3 aromatic carbocycles. The number of sulfone groups is 1. The van der Waals surface area contributed by atoms with Crippen LogP contribution in [0.3, 0.4) is 0 Å². The molecule has 0 radical (unpaired) electrons. The van der Waals surface area contributed by atoms with Crippen molar-refractivity contribution >= 4 is 31.5 Å². The van der Waals surface area contributed by atoms with Gasteiger partial charge in [-0.1, -0.05) is 42.5 Å². The predicted octanol–water partition coefficient (Wildman–Crippen LogP) is 5.19. The standard InChI is InChI=1S/C20H11F4NO2S/c21-12-10-16-14-8-4-5-9-15(14)19(25-18(16)17(22)11-12)20(23,24)28(26,27)13-6-2-1-3-7-13/h1-11H. The molecule has 8 heteroatoms. The van der Waals surface area contributed by atoms with Gasteiger partial charge in [0.25, 0.3) is 0 Å². The van der Waals surface area contributed by atoms with Gasteiger partial charge in [0, 0.05) is 16.8 Å². The molecule has 0 fully saturated rings. The molecular weight excluding hydrogens is 394 g/mol. The van der Waals surface area contributed by atoms with E-state index in [0.717, 1.165) is 18.2 Å². The zero-order valence-electron chi connectivity index (χ0n) is 14.0. The summed E-state index contributed by atoms with van der Waals surface area (Å²) < 4.78 is 83.7. The number of fused-ring (bicyclic) bond motifs is 3. The molecule has 0 aliphatic rings. The fourth-order valence-corrected chi connectivity index (χ4v) is 4.30. The van der Waals surface area contributed by atoms with E-state index in [1.807, 2.05) is 0 Å². The number of nitrogens with zero attached hydrogens (tertiary/aromatic N) is 1. The smallest absolute Gasteiger partial charge is 0.242 e. The van der Waals surface area contributed by atoms with Crippen molar-refractivity contribution in [3.63, 3.8) is 0 Å². The monoisotopic (exact) mass is 405 g/mol. The van der Waals surface area contributed by atoms with E-state index in [1.54, 1.807) is 0 Å². The minimum absolute atomic E-state index is 0.0234. The first-order valence-corrected chi connectivity index (χ1v) is 9.57. The van der Waals surface area contributed by atoms with E-state index in [-0.39, 0.29) is 16.2 Å². The fourth-order valence-electron chi connectivity index (χ4n) is 3.08. The van der Waals surface area contributed by atoms with Crippen LogP contribution in [0, 0.1) is 11.6 Å². The minimum atomic E-state index is -5.17. The van der Waals surface area contributed by atoms with Gasteiger partial charge in [-0.05, 0) is 23.6 Å². The van der Waals surface area contributed by atoms with Crippen molar-refractivity contribution in [2.45, 2.75) is 10.2 Å². The Morgan fingerprint density at radius 3 is 2.07 bits per heavy atom. The average Bonchev–Trinajstić information content (AvgIpc) is 2.68. The Morgan fingerprint density at radius 2 is 1.39 bits per heavy atom. The number of hydrogen-bond acceptors (Lipinski definition) is 3. The molecule has 0 unspecified atom stereocenters. The summed E-state index contributed by atoms with van der Waals surface area (Å²) in [4.78, 5) is 3.04. The quantitative estimate of drug-likeness (QED) is 0.348. The highest BCUT2D eigenvalue weighted by atomic mass is 32.2. The lowest BCUT2D eigenvalue weighted by Crippen LogP contribution is -2.28. The zero-order valence-corrected chi connectivity index (χ0v) is 14.9. The first-order valence-electron chi connectivity index (χ1n) is 8.09. The highest BCUT2D eigenvalue weighted by Crippen LogP contribution is 2.42. The van der Waals surface area contributed by atoms with Gasteiger partial charge >= 0.3 is 5.25 Å². The van der Waals surface area contributed by atoms with Gasteiger partial charge in [-0.2, -0.15) is 8.78 Å². The van der Waals surface area contributed by atoms with E-state index in [2.05, 4.69) is 4.98 Å². The van der Waals surface area contributed by atoms with Crippen molar-refractivity contribution in [3.8, 4) is 0 Å². The number of hydrogen-bond donors (Lipinski definition) is 0. The maximum atomic E-state index is 15.2. The number of alkyl halides is 2. The second-order valence-corrected chi connectivity index (χ2v) is 8.11. The molecule has 0 atom stereocenters. The van der Waals surface area contributed by atoms with Crippen LogP contribution in [0.2, 0.25) is 0 Å². The van der Waals surface area contributed by atoms with E-state index in [4.69, 9.17) is 0 Å². The van der Waals surface area contributed by atoms with Gasteiger partial charge < -0.3 is 0 Å². The molecule has 0 bridgehead atoms. The third kappa shape index (κ3) is 2.63. The molecular formula is C20H11F4NO2S. The molecule has 4 aromatic rings. The summed E-state index contributed by atoms with van der Waals surface area (Å²) in [6, 6.07) is 13.2. The third-order valence-corrected chi connectivity index (χ3v) is 6.15. The Kier molecular flexibility index (Phi) is 4.11. The summed E-state index contributed by atoms with van der Waals surface area (Å²) in [6.45, 7) is 0. The first-order chi connectivity index (χ1) is 13.2. The lowest BCUT2D eigenvalue weighted by Gasteiger charge is -2.19. The van der Waals surface area contributed by atoms with Gasteiger partial charge in [-0.15, -0.1) is 0 Å². The molecule has 0 aliphatic carbocycles. The van der Waals surface area contributed by atoms with Crippen LogP contribution in [0.5, 0.6) is 0 Å². The topological polar surface area (TPSA) is 47.0 Å². The number of halogens is 4. The molecule has 28 heavy (non-hydrogen) atoms. The van der Waals surface area contributed by atoms with Crippen LogP contribution in [-0.2, 0) is 15.1 Å². The van der Waals surface area contributed by atoms with Crippen molar-refractivity contribution < 1.29 is 26.0 Å². The van der Waals surface area contributed by atoms with E-state index >= 15 is 8.78 Å². The van der Waals surface area contributed by atoms with Crippen LogP contribution in [0.4, 0.5) is 17.6 Å². The zero-order chi connectivity index (χ0) is 20.1. The lowest BCUT2D eigenvalue weighted by atomic mass is 10.0. The Balaban J connectivity index is 2.10. The van der Waals surface area contributed by atoms with Crippen LogP contribution in [0.25, 0.3) is 21.7 Å². The fraction of sp³-hybridized carbons (Fsp3) is 0.0500. The molecule has 0 aliphatic heterocycles. The molecule has 0 saturated carbocycles. The second-order valence-electron chi connectivity index (χ2n) is 6.12. The summed E-state index contributed by atoms with van der Waals surface area (Å²) in [5.41, 5.74) is -1.64. The van der Waals surface area contributed by atoms with E-state index in [0.29, 0.717) is 6.07 Å². The summed E-state index contributed by atoms with van der Waals surface area (Å²) in [6.07, 6.45) is 0. The minimum Gasteiger partial charge on any atom is -0.242 e. The lowest BCUT2D eigenvalue weighted by molar-refractivity contribution is 0.0877. The van der Waals surface area contributed by atoms with Crippen LogP contribution in [0.15, 0.2) is 71.6 Å². The Labute approximate surface area is 157 Å². The molecule has 3 nitrogen and oxygen atoms in total. The normalized spacial score (nSPS) is 12.6. The van der Waals surface area contributed by atoms with Crippen LogP contribution < -0.4 is 0 Å². The van der Waals surface area contributed by atoms with E-state index in [9.17, 15) is 17.2 Å². The molecule has 0 saturated heterocycles. The second kappa shape index (κ2) is 6.27. The highest BCUT2D eigenvalue weighted by Gasteiger charge is 2.50. The Morgan fingerprint density at radius 1 is 0.786 bits per heavy atom. The number of benzene rings is 3. The van der Waals surface area contributed by atoms with E-state index < -0.39 is 42.8 Å². The maximum absolute atomic E-state index is 15.2. The van der Waals surface area contributed by atoms with Gasteiger partial charge in [-0.3, -0.25) is 0 Å². The summed E-state index contributed by atoms with van der Waals surface area (Å²) >= 11 is 0.